The van der Waals surface area contributed by atoms with Gasteiger partial charge in [-0.25, -0.2) is 9.80 Å². The van der Waals surface area contributed by atoms with E-state index in [-0.39, 0.29) is 12.5 Å². The van der Waals surface area contributed by atoms with Gasteiger partial charge in [0.2, 0.25) is 5.91 Å². The summed E-state index contributed by atoms with van der Waals surface area (Å²) in [7, 11) is 0. The number of nitrogens with zero attached hydrogens (tertiary/aromatic N) is 2. The molecule has 1 aromatic heterocycles. The minimum Gasteiger partial charge on any atom is -0.455 e. The van der Waals surface area contributed by atoms with Crippen LogP contribution in [0, 0.1) is 0 Å². The van der Waals surface area contributed by atoms with Crippen molar-refractivity contribution in [1.29, 1.82) is 0 Å². The van der Waals surface area contributed by atoms with E-state index < -0.39 is 6.03 Å². The molecule has 3 rings (SSSR count). The Labute approximate surface area is 120 Å². The first-order chi connectivity index (χ1) is 10.1. The van der Waals surface area contributed by atoms with Gasteiger partial charge < -0.3 is 10.2 Å². The van der Waals surface area contributed by atoms with Gasteiger partial charge in [-0.2, -0.15) is 5.10 Å². The molecule has 2 aromatic rings. The van der Waals surface area contributed by atoms with E-state index in [0.717, 1.165) is 10.6 Å². The van der Waals surface area contributed by atoms with E-state index in [1.807, 2.05) is 12.1 Å². The van der Waals surface area contributed by atoms with Crippen molar-refractivity contribution in [2.45, 2.75) is 0 Å². The van der Waals surface area contributed by atoms with Gasteiger partial charge in [-0.05, 0) is 36.4 Å². The van der Waals surface area contributed by atoms with E-state index >= 15 is 0 Å². The third-order valence-corrected chi connectivity index (χ3v) is 2.92. The highest BCUT2D eigenvalue weighted by Crippen LogP contribution is 2.22. The maximum absolute atomic E-state index is 11.3. The molecule has 3 N–H and O–H groups in total. The van der Waals surface area contributed by atoms with Crippen molar-refractivity contribution < 1.29 is 14.0 Å². The molecule has 1 aliphatic rings. The Bertz CT molecular complexity index is 718. The number of carbonyl (C=O) groups excluding carboxylic acids is 2. The van der Waals surface area contributed by atoms with Crippen LogP contribution in [0.2, 0.25) is 0 Å². The van der Waals surface area contributed by atoms with Crippen molar-refractivity contribution in [3.05, 3.63) is 42.2 Å². The number of anilines is 1. The predicted molar refractivity (Wildman–Crippen MR) is 76.4 cm³/mol. The number of benzene rings is 1. The van der Waals surface area contributed by atoms with Gasteiger partial charge in [-0.15, -0.1) is 0 Å². The third-order valence-electron chi connectivity index (χ3n) is 2.92. The fourth-order valence-electron chi connectivity index (χ4n) is 1.88. The molecule has 7 nitrogen and oxygen atoms in total. The standard InChI is InChI=1S/C14H12N4O3/c15-10-3-1-9(2-4-10)12-6-5-11(21-12)7-16-18-8-13(19)17-14(18)20/h1-7H,8,15H2,(H,17,19,20)/b16-7+. The zero-order valence-corrected chi connectivity index (χ0v) is 10.9. The van der Waals surface area contributed by atoms with E-state index in [0.29, 0.717) is 17.2 Å². The number of hydrogen-bond donors (Lipinski definition) is 2. The molecule has 7 heteroatoms. The summed E-state index contributed by atoms with van der Waals surface area (Å²) in [5.41, 5.74) is 7.19. The molecule has 0 saturated carbocycles. The maximum Gasteiger partial charge on any atom is 0.344 e. The minimum atomic E-state index is -0.540. The van der Waals surface area contributed by atoms with Crippen LogP contribution in [0.5, 0.6) is 0 Å². The van der Waals surface area contributed by atoms with Crippen LogP contribution in [0.25, 0.3) is 11.3 Å². The minimum absolute atomic E-state index is 0.0825. The zero-order valence-electron chi connectivity index (χ0n) is 10.9. The molecule has 0 spiro atoms. The summed E-state index contributed by atoms with van der Waals surface area (Å²) in [5, 5.41) is 7.07. The van der Waals surface area contributed by atoms with Crippen molar-refractivity contribution in [3.8, 4) is 11.3 Å². The van der Waals surface area contributed by atoms with Crippen LogP contribution in [0.3, 0.4) is 0 Å². The van der Waals surface area contributed by atoms with Gasteiger partial charge in [0.1, 0.15) is 18.1 Å². The SMILES string of the molecule is Nc1ccc(-c2ccc(/C=N/N3CC(=O)NC3=O)o2)cc1. The normalized spacial score (nSPS) is 15.0. The monoisotopic (exact) mass is 284 g/mol. The van der Waals surface area contributed by atoms with Crippen molar-refractivity contribution in [1.82, 2.24) is 10.3 Å². The average Bonchev–Trinajstić information content (AvgIpc) is 3.04. The molecule has 1 saturated heterocycles. The molecule has 2 heterocycles. The van der Waals surface area contributed by atoms with Crippen LogP contribution in [0.1, 0.15) is 5.76 Å². The molecule has 21 heavy (non-hydrogen) atoms. The summed E-state index contributed by atoms with van der Waals surface area (Å²) in [6, 6.07) is 10.2. The topological polar surface area (TPSA) is 101 Å². The van der Waals surface area contributed by atoms with Gasteiger partial charge in [0.15, 0.2) is 0 Å². The number of furan rings is 1. The Hall–Kier alpha value is -3.09. The second kappa shape index (κ2) is 5.12. The van der Waals surface area contributed by atoms with Crippen molar-refractivity contribution in [2.24, 2.45) is 5.10 Å². The predicted octanol–water partition coefficient (Wildman–Crippen LogP) is 1.41. The van der Waals surface area contributed by atoms with Gasteiger partial charge in [-0.3, -0.25) is 10.1 Å². The Morgan fingerprint density at radius 2 is 1.95 bits per heavy atom. The number of urea groups is 1. The molecule has 0 unspecified atom stereocenters. The maximum atomic E-state index is 11.3. The average molecular weight is 284 g/mol. The molecule has 3 amide bonds. The Morgan fingerprint density at radius 3 is 2.62 bits per heavy atom. The molecule has 1 aliphatic heterocycles. The Balaban J connectivity index is 1.75. The van der Waals surface area contributed by atoms with Gasteiger partial charge in [0.25, 0.3) is 0 Å². The number of hydrazone groups is 1. The quantitative estimate of drug-likeness (QED) is 0.505. The number of rotatable bonds is 3. The summed E-state index contributed by atoms with van der Waals surface area (Å²) in [5.74, 6) is 0.770. The molecule has 0 radical (unpaired) electrons. The first-order valence-electron chi connectivity index (χ1n) is 6.23. The first kappa shape index (κ1) is 12.9. The number of hydrogen-bond acceptors (Lipinski definition) is 5. The van der Waals surface area contributed by atoms with Crippen molar-refractivity contribution in [2.75, 3.05) is 12.3 Å². The molecule has 0 atom stereocenters. The largest absolute Gasteiger partial charge is 0.455 e. The summed E-state index contributed by atoms with van der Waals surface area (Å²) >= 11 is 0. The Morgan fingerprint density at radius 1 is 1.19 bits per heavy atom. The fourth-order valence-corrected chi connectivity index (χ4v) is 1.88. The molecular formula is C14H12N4O3. The lowest BCUT2D eigenvalue weighted by Gasteiger charge is -2.02. The number of nitrogens with two attached hydrogens (primary N) is 1. The Kier molecular flexibility index (Phi) is 3.15. The van der Waals surface area contributed by atoms with Crippen LogP contribution in [0.4, 0.5) is 10.5 Å². The summed E-state index contributed by atoms with van der Waals surface area (Å²) in [6.07, 6.45) is 1.39. The lowest BCUT2D eigenvalue weighted by atomic mass is 10.1. The molecule has 0 bridgehead atoms. The van der Waals surface area contributed by atoms with Crippen LogP contribution in [-0.4, -0.2) is 29.7 Å². The van der Waals surface area contributed by atoms with Crippen molar-refractivity contribution in [3.63, 3.8) is 0 Å². The van der Waals surface area contributed by atoms with E-state index in [9.17, 15) is 9.59 Å². The highest BCUT2D eigenvalue weighted by molar-refractivity contribution is 6.02. The second-order valence-electron chi connectivity index (χ2n) is 4.48. The number of nitrogen functional groups attached to an aromatic ring is 1. The molecule has 1 aromatic carbocycles. The number of nitrogens with one attached hydrogen (secondary N) is 1. The van der Waals surface area contributed by atoms with Crippen LogP contribution < -0.4 is 11.1 Å². The van der Waals surface area contributed by atoms with E-state index in [1.54, 1.807) is 24.3 Å². The molecule has 1 fully saturated rings. The summed E-state index contributed by atoms with van der Waals surface area (Å²) in [6.45, 7) is -0.0825. The number of carbonyl (C=O) groups is 2. The smallest absolute Gasteiger partial charge is 0.344 e. The van der Waals surface area contributed by atoms with Gasteiger partial charge in [-0.1, -0.05) is 0 Å². The first-order valence-corrected chi connectivity index (χ1v) is 6.23. The van der Waals surface area contributed by atoms with E-state index in [1.165, 1.54) is 6.21 Å². The second-order valence-corrected chi connectivity index (χ2v) is 4.48. The van der Waals surface area contributed by atoms with Crippen LogP contribution >= 0.6 is 0 Å². The number of amides is 3. The number of imide groups is 1. The zero-order chi connectivity index (χ0) is 14.8. The third kappa shape index (κ3) is 2.76. The summed E-state index contributed by atoms with van der Waals surface area (Å²) < 4.78 is 5.60. The summed E-state index contributed by atoms with van der Waals surface area (Å²) in [4.78, 5) is 22.3. The van der Waals surface area contributed by atoms with E-state index in [2.05, 4.69) is 10.4 Å². The molecule has 106 valence electrons. The lowest BCUT2D eigenvalue weighted by molar-refractivity contribution is -0.118. The van der Waals surface area contributed by atoms with Crippen LogP contribution in [0.15, 0.2) is 45.9 Å². The lowest BCUT2D eigenvalue weighted by Crippen LogP contribution is -2.24. The molecule has 0 aliphatic carbocycles. The van der Waals surface area contributed by atoms with Crippen molar-refractivity contribution >= 4 is 23.8 Å². The highest BCUT2D eigenvalue weighted by Gasteiger charge is 2.25. The van der Waals surface area contributed by atoms with Crippen LogP contribution in [-0.2, 0) is 4.79 Å². The van der Waals surface area contributed by atoms with Gasteiger partial charge >= 0.3 is 6.03 Å². The molecular weight excluding hydrogens is 272 g/mol. The fraction of sp³-hybridized carbons (Fsp3) is 0.0714. The van der Waals surface area contributed by atoms with E-state index in [4.69, 9.17) is 10.2 Å². The van der Waals surface area contributed by atoms with Gasteiger partial charge in [0.05, 0.1) is 6.21 Å². The van der Waals surface area contributed by atoms with Gasteiger partial charge in [0, 0.05) is 11.3 Å². The highest BCUT2D eigenvalue weighted by atomic mass is 16.3.